The van der Waals surface area contributed by atoms with Gasteiger partial charge in [-0.2, -0.15) is 0 Å². The van der Waals surface area contributed by atoms with Crippen molar-refractivity contribution < 1.29 is 4.74 Å². The van der Waals surface area contributed by atoms with Gasteiger partial charge in [-0.25, -0.2) is 9.97 Å². The van der Waals surface area contributed by atoms with Gasteiger partial charge >= 0.3 is 0 Å². The molecule has 2 heterocycles. The van der Waals surface area contributed by atoms with Gasteiger partial charge in [-0.05, 0) is 6.42 Å². The van der Waals surface area contributed by atoms with Gasteiger partial charge in [-0.15, -0.1) is 0 Å². The maximum atomic E-state index is 5.59. The van der Waals surface area contributed by atoms with E-state index in [1.165, 1.54) is 6.33 Å². The van der Waals surface area contributed by atoms with Crippen LogP contribution in [0.4, 0.5) is 11.6 Å². The molecule has 0 aliphatic carbocycles. The predicted octanol–water partition coefficient (Wildman–Crippen LogP) is 0.284. The highest BCUT2D eigenvalue weighted by Crippen LogP contribution is 2.18. The van der Waals surface area contributed by atoms with Crippen LogP contribution in [0, 0.1) is 0 Å². The molecule has 1 fully saturated rings. The van der Waals surface area contributed by atoms with Gasteiger partial charge in [0.05, 0.1) is 12.6 Å². The Morgan fingerprint density at radius 2 is 2.43 bits per heavy atom. The Hall–Kier alpha value is -1.36. The lowest BCUT2D eigenvalue weighted by Crippen LogP contribution is -2.32. The van der Waals surface area contributed by atoms with E-state index >= 15 is 0 Å². The summed E-state index contributed by atoms with van der Waals surface area (Å²) in [5.74, 6) is 1.36. The fourth-order valence-electron chi connectivity index (χ4n) is 1.57. The number of nitrogen functional groups attached to an aromatic ring is 1. The molecule has 2 rings (SSSR count). The van der Waals surface area contributed by atoms with Gasteiger partial charge < -0.3 is 15.4 Å². The van der Waals surface area contributed by atoms with E-state index in [-0.39, 0.29) is 0 Å². The molecule has 1 aliphatic heterocycles. The normalized spacial score (nSPS) is 21.1. The zero-order chi connectivity index (χ0) is 9.97. The number of anilines is 2. The lowest BCUT2D eigenvalue weighted by Gasteiger charge is -2.23. The molecule has 0 bridgehead atoms. The van der Waals surface area contributed by atoms with Crippen molar-refractivity contribution in [3.63, 3.8) is 0 Å². The van der Waals surface area contributed by atoms with Crippen molar-refractivity contribution >= 4 is 11.6 Å². The minimum atomic E-state index is 0.407. The molecule has 1 unspecified atom stereocenters. The summed E-state index contributed by atoms with van der Waals surface area (Å²) in [7, 11) is 2.00. The van der Waals surface area contributed by atoms with Gasteiger partial charge in [0, 0.05) is 19.7 Å². The van der Waals surface area contributed by atoms with Crippen molar-refractivity contribution in [1.29, 1.82) is 0 Å². The van der Waals surface area contributed by atoms with E-state index in [1.807, 2.05) is 7.05 Å². The molecule has 0 saturated carbocycles. The summed E-state index contributed by atoms with van der Waals surface area (Å²) < 4.78 is 5.31. The molecular weight excluding hydrogens is 180 g/mol. The quantitative estimate of drug-likeness (QED) is 0.732. The largest absolute Gasteiger partial charge is 0.384 e. The first kappa shape index (κ1) is 9.21. The summed E-state index contributed by atoms with van der Waals surface area (Å²) in [4.78, 5) is 10.1. The Bertz CT molecular complexity index is 311. The van der Waals surface area contributed by atoms with Crippen LogP contribution in [0.1, 0.15) is 6.42 Å². The topological polar surface area (TPSA) is 64.3 Å². The smallest absolute Gasteiger partial charge is 0.134 e. The highest BCUT2D eigenvalue weighted by Gasteiger charge is 2.21. The van der Waals surface area contributed by atoms with E-state index in [0.29, 0.717) is 11.9 Å². The van der Waals surface area contributed by atoms with E-state index in [4.69, 9.17) is 10.5 Å². The maximum absolute atomic E-state index is 5.59. The summed E-state index contributed by atoms with van der Waals surface area (Å²) in [6.07, 6.45) is 2.53. The Labute approximate surface area is 82.9 Å². The summed E-state index contributed by atoms with van der Waals surface area (Å²) in [5.41, 5.74) is 5.59. The number of nitrogens with two attached hydrogens (primary N) is 1. The van der Waals surface area contributed by atoms with Crippen molar-refractivity contribution in [2.45, 2.75) is 12.5 Å². The molecular formula is C9H14N4O. The number of likely N-dealkylation sites (N-methyl/N-ethyl adjacent to an activating group) is 1. The lowest BCUT2D eigenvalue weighted by atomic mass is 10.2. The van der Waals surface area contributed by atoms with Crippen LogP contribution in [0.3, 0.4) is 0 Å². The van der Waals surface area contributed by atoms with Crippen LogP contribution in [-0.4, -0.2) is 36.3 Å². The Morgan fingerprint density at radius 3 is 3.07 bits per heavy atom. The number of hydrogen-bond donors (Lipinski definition) is 1. The van der Waals surface area contributed by atoms with Crippen LogP contribution in [0.25, 0.3) is 0 Å². The monoisotopic (exact) mass is 194 g/mol. The molecule has 0 aromatic carbocycles. The van der Waals surface area contributed by atoms with Crippen molar-refractivity contribution in [1.82, 2.24) is 9.97 Å². The van der Waals surface area contributed by atoms with Crippen LogP contribution in [-0.2, 0) is 4.74 Å². The molecule has 5 nitrogen and oxygen atoms in total. The molecule has 1 aromatic rings. The molecule has 0 radical (unpaired) electrons. The number of hydrogen-bond acceptors (Lipinski definition) is 5. The first-order valence-electron chi connectivity index (χ1n) is 4.65. The third kappa shape index (κ3) is 1.77. The van der Waals surface area contributed by atoms with Crippen molar-refractivity contribution in [2.24, 2.45) is 0 Å². The third-order valence-corrected chi connectivity index (χ3v) is 2.49. The van der Waals surface area contributed by atoms with Gasteiger partial charge in [-0.3, -0.25) is 0 Å². The highest BCUT2D eigenvalue weighted by molar-refractivity contribution is 5.46. The van der Waals surface area contributed by atoms with Gasteiger partial charge in [0.1, 0.15) is 18.0 Å². The summed E-state index contributed by atoms with van der Waals surface area (Å²) in [6.45, 7) is 1.59. The van der Waals surface area contributed by atoms with Gasteiger partial charge in [0.25, 0.3) is 0 Å². The minimum absolute atomic E-state index is 0.407. The molecule has 14 heavy (non-hydrogen) atoms. The second-order valence-electron chi connectivity index (χ2n) is 3.43. The Kier molecular flexibility index (Phi) is 2.49. The second kappa shape index (κ2) is 3.79. The van der Waals surface area contributed by atoms with Crippen molar-refractivity contribution in [3.05, 3.63) is 12.4 Å². The Balaban J connectivity index is 2.13. The van der Waals surface area contributed by atoms with Crippen LogP contribution in [0.5, 0.6) is 0 Å². The fraction of sp³-hybridized carbons (Fsp3) is 0.556. The van der Waals surface area contributed by atoms with Gasteiger partial charge in [-0.1, -0.05) is 0 Å². The first-order valence-corrected chi connectivity index (χ1v) is 4.65. The van der Waals surface area contributed by atoms with E-state index < -0.39 is 0 Å². The maximum Gasteiger partial charge on any atom is 0.134 e. The third-order valence-electron chi connectivity index (χ3n) is 2.49. The Morgan fingerprint density at radius 1 is 1.57 bits per heavy atom. The number of nitrogens with zero attached hydrogens (tertiary/aromatic N) is 3. The molecule has 1 aliphatic rings. The molecule has 1 atom stereocenters. The van der Waals surface area contributed by atoms with E-state index in [9.17, 15) is 0 Å². The summed E-state index contributed by atoms with van der Waals surface area (Å²) in [6, 6.07) is 2.18. The van der Waals surface area contributed by atoms with Crippen LogP contribution >= 0.6 is 0 Å². The predicted molar refractivity (Wildman–Crippen MR) is 54.1 cm³/mol. The zero-order valence-electron chi connectivity index (χ0n) is 8.18. The zero-order valence-corrected chi connectivity index (χ0v) is 8.18. The number of rotatable bonds is 2. The SMILES string of the molecule is CN(c1cc(N)ncn1)C1CCOC1. The van der Waals surface area contributed by atoms with Crippen molar-refractivity contribution in [2.75, 3.05) is 30.9 Å². The van der Waals surface area contributed by atoms with E-state index in [2.05, 4.69) is 14.9 Å². The van der Waals surface area contributed by atoms with Crippen molar-refractivity contribution in [3.8, 4) is 0 Å². The van der Waals surface area contributed by atoms with Crippen LogP contribution in [0.2, 0.25) is 0 Å². The molecule has 0 spiro atoms. The molecule has 2 N–H and O–H groups in total. The molecule has 1 saturated heterocycles. The standard InChI is InChI=1S/C9H14N4O/c1-13(7-2-3-14-5-7)9-4-8(10)11-6-12-9/h4,6-7H,2-3,5H2,1H3,(H2,10,11,12). The van der Waals surface area contributed by atoms with E-state index in [1.54, 1.807) is 6.07 Å². The fourth-order valence-corrected chi connectivity index (χ4v) is 1.57. The van der Waals surface area contributed by atoms with E-state index in [0.717, 1.165) is 25.5 Å². The van der Waals surface area contributed by atoms with Crippen LogP contribution in [0.15, 0.2) is 12.4 Å². The second-order valence-corrected chi connectivity index (χ2v) is 3.43. The van der Waals surface area contributed by atoms with Crippen LogP contribution < -0.4 is 10.6 Å². The molecule has 5 heteroatoms. The summed E-state index contributed by atoms with van der Waals surface area (Å²) >= 11 is 0. The number of aromatic nitrogens is 2. The average Bonchev–Trinajstić information content (AvgIpc) is 2.69. The average molecular weight is 194 g/mol. The number of ether oxygens (including phenoxy) is 1. The summed E-state index contributed by atoms with van der Waals surface area (Å²) in [5, 5.41) is 0. The van der Waals surface area contributed by atoms with Gasteiger partial charge in [0.2, 0.25) is 0 Å². The first-order chi connectivity index (χ1) is 6.77. The van der Waals surface area contributed by atoms with Gasteiger partial charge in [0.15, 0.2) is 0 Å². The minimum Gasteiger partial charge on any atom is -0.384 e. The highest BCUT2D eigenvalue weighted by atomic mass is 16.5. The lowest BCUT2D eigenvalue weighted by molar-refractivity contribution is 0.193. The molecule has 76 valence electrons. The molecule has 1 aromatic heterocycles. The molecule has 0 amide bonds.